The third-order valence-electron chi connectivity index (χ3n) is 4.71. The fourth-order valence-electron chi connectivity index (χ4n) is 3.52. The lowest BCUT2D eigenvalue weighted by Crippen LogP contribution is -2.30. The van der Waals surface area contributed by atoms with Crippen LogP contribution in [-0.4, -0.2) is 14.7 Å². The number of anilines is 1. The Bertz CT molecular complexity index is 907. The van der Waals surface area contributed by atoms with E-state index in [4.69, 9.17) is 23.8 Å². The van der Waals surface area contributed by atoms with E-state index in [1.165, 1.54) is 5.69 Å². The van der Waals surface area contributed by atoms with Crippen molar-refractivity contribution in [1.29, 1.82) is 0 Å². The first kappa shape index (κ1) is 17.1. The summed E-state index contributed by atoms with van der Waals surface area (Å²) in [4.78, 5) is 6.73. The Hall–Kier alpha value is -2.37. The maximum Gasteiger partial charge on any atom is 0.174 e. The summed E-state index contributed by atoms with van der Waals surface area (Å²) in [5, 5.41) is 4.87. The van der Waals surface area contributed by atoms with Gasteiger partial charge in [0.15, 0.2) is 5.11 Å². The first-order chi connectivity index (χ1) is 12.7. The molecule has 3 aromatic rings. The molecule has 1 N–H and O–H groups in total. The van der Waals surface area contributed by atoms with Crippen LogP contribution in [0, 0.1) is 0 Å². The lowest BCUT2D eigenvalue weighted by atomic mass is 10.0. The van der Waals surface area contributed by atoms with Crippen LogP contribution in [-0.2, 0) is 6.54 Å². The molecule has 1 aliphatic heterocycles. The zero-order chi connectivity index (χ0) is 18.1. The highest BCUT2D eigenvalue weighted by Crippen LogP contribution is 2.41. The van der Waals surface area contributed by atoms with Gasteiger partial charge < -0.3 is 14.8 Å². The molecular weight excluding hydrogens is 364 g/mol. The van der Waals surface area contributed by atoms with E-state index in [-0.39, 0.29) is 12.1 Å². The second-order valence-electron chi connectivity index (χ2n) is 6.19. The summed E-state index contributed by atoms with van der Waals surface area (Å²) >= 11 is 11.8. The Kier molecular flexibility index (Phi) is 4.66. The van der Waals surface area contributed by atoms with Crippen molar-refractivity contribution in [2.75, 3.05) is 4.90 Å². The zero-order valence-electron chi connectivity index (χ0n) is 14.3. The van der Waals surface area contributed by atoms with E-state index >= 15 is 0 Å². The fourth-order valence-corrected chi connectivity index (χ4v) is 3.99. The maximum absolute atomic E-state index is 6.08. The second kappa shape index (κ2) is 7.09. The van der Waals surface area contributed by atoms with Gasteiger partial charge in [0.05, 0.1) is 11.7 Å². The van der Waals surface area contributed by atoms with Crippen molar-refractivity contribution >= 4 is 34.6 Å². The Morgan fingerprint density at radius 2 is 1.92 bits per heavy atom. The van der Waals surface area contributed by atoms with Gasteiger partial charge in [0.2, 0.25) is 0 Å². The lowest BCUT2D eigenvalue weighted by Gasteiger charge is -2.28. The molecule has 1 saturated heterocycles. The average Bonchev–Trinajstić information content (AvgIpc) is 3.27. The molecule has 0 bridgehead atoms. The monoisotopic (exact) mass is 382 g/mol. The van der Waals surface area contributed by atoms with E-state index in [0.29, 0.717) is 10.1 Å². The van der Waals surface area contributed by atoms with Gasteiger partial charge in [-0.05, 0) is 67.7 Å². The number of thiocarbonyl (C=S) groups is 1. The van der Waals surface area contributed by atoms with Gasteiger partial charge in [-0.15, -0.1) is 0 Å². The molecule has 1 aromatic carbocycles. The molecule has 6 heteroatoms. The summed E-state index contributed by atoms with van der Waals surface area (Å²) in [6.45, 7) is 3.04. The van der Waals surface area contributed by atoms with Crippen LogP contribution in [0.15, 0.2) is 67.0 Å². The van der Waals surface area contributed by atoms with Crippen LogP contribution in [0.4, 0.5) is 5.69 Å². The Balaban J connectivity index is 1.84. The molecule has 2 atom stereocenters. The number of hydrogen-bond acceptors (Lipinski definition) is 2. The molecule has 2 aromatic heterocycles. The smallest absolute Gasteiger partial charge is 0.174 e. The van der Waals surface area contributed by atoms with Gasteiger partial charge in [-0.3, -0.25) is 4.98 Å². The van der Waals surface area contributed by atoms with Crippen molar-refractivity contribution in [1.82, 2.24) is 14.9 Å². The normalized spacial score (nSPS) is 19.6. The minimum atomic E-state index is -0.0282. The highest BCUT2D eigenvalue weighted by atomic mass is 35.5. The minimum absolute atomic E-state index is 0.00789. The Labute approximate surface area is 163 Å². The van der Waals surface area contributed by atoms with Gasteiger partial charge in [0.1, 0.15) is 6.04 Å². The SMILES string of the molecule is CCn1cccc1[C@H]1[C@@H](c2ccccn2)NC(=S)N1c1ccc(Cl)cc1. The summed E-state index contributed by atoms with van der Waals surface area (Å²) in [6.07, 6.45) is 3.92. The fraction of sp³-hybridized carbons (Fsp3) is 0.200. The molecule has 0 amide bonds. The largest absolute Gasteiger partial charge is 0.351 e. The number of benzene rings is 1. The van der Waals surface area contributed by atoms with Crippen molar-refractivity contribution in [3.8, 4) is 0 Å². The molecule has 3 heterocycles. The second-order valence-corrected chi connectivity index (χ2v) is 7.02. The molecular formula is C20H19ClN4S. The van der Waals surface area contributed by atoms with Crippen LogP contribution < -0.4 is 10.2 Å². The van der Waals surface area contributed by atoms with Gasteiger partial charge in [-0.25, -0.2) is 0 Å². The van der Waals surface area contributed by atoms with E-state index in [9.17, 15) is 0 Å². The molecule has 0 unspecified atom stereocenters. The first-order valence-electron chi connectivity index (χ1n) is 8.60. The zero-order valence-corrected chi connectivity index (χ0v) is 15.9. The molecule has 1 aliphatic rings. The highest BCUT2D eigenvalue weighted by molar-refractivity contribution is 7.80. The molecule has 4 nitrogen and oxygen atoms in total. The summed E-state index contributed by atoms with van der Waals surface area (Å²) in [7, 11) is 0. The summed E-state index contributed by atoms with van der Waals surface area (Å²) in [6, 6.07) is 18.0. The molecule has 26 heavy (non-hydrogen) atoms. The number of rotatable bonds is 4. The van der Waals surface area contributed by atoms with E-state index in [1.54, 1.807) is 0 Å². The standard InChI is InChI=1S/C20H19ClN4S/c1-2-24-13-5-7-17(24)19-18(16-6-3-4-12-22-16)23-20(26)25(19)15-10-8-14(21)9-11-15/h3-13,18-19H,2H2,1H3,(H,23,26)/t18-,19+/m1/s1. The summed E-state index contributed by atoms with van der Waals surface area (Å²) in [5.41, 5.74) is 3.19. The van der Waals surface area contributed by atoms with Gasteiger partial charge in [-0.1, -0.05) is 17.7 Å². The number of aromatic nitrogens is 2. The van der Waals surface area contributed by atoms with Gasteiger partial charge in [-0.2, -0.15) is 0 Å². The molecule has 0 aliphatic carbocycles. The third kappa shape index (κ3) is 2.97. The van der Waals surface area contributed by atoms with Crippen molar-refractivity contribution < 1.29 is 0 Å². The lowest BCUT2D eigenvalue weighted by molar-refractivity contribution is 0.529. The quantitative estimate of drug-likeness (QED) is 0.661. The topological polar surface area (TPSA) is 33.1 Å². The number of aryl methyl sites for hydroxylation is 1. The van der Waals surface area contributed by atoms with E-state index in [0.717, 1.165) is 17.9 Å². The number of halogens is 1. The van der Waals surface area contributed by atoms with Crippen LogP contribution in [0.5, 0.6) is 0 Å². The predicted octanol–water partition coefficient (Wildman–Crippen LogP) is 4.73. The van der Waals surface area contributed by atoms with Crippen LogP contribution in [0.3, 0.4) is 0 Å². The Morgan fingerprint density at radius 1 is 1.12 bits per heavy atom. The summed E-state index contributed by atoms with van der Waals surface area (Å²) in [5.74, 6) is 0. The minimum Gasteiger partial charge on any atom is -0.351 e. The third-order valence-corrected chi connectivity index (χ3v) is 5.28. The van der Waals surface area contributed by atoms with E-state index in [2.05, 4.69) is 45.0 Å². The Morgan fingerprint density at radius 3 is 2.62 bits per heavy atom. The van der Waals surface area contributed by atoms with Gasteiger partial charge >= 0.3 is 0 Å². The number of hydrogen-bond donors (Lipinski definition) is 1. The van der Waals surface area contributed by atoms with Crippen molar-refractivity contribution in [2.24, 2.45) is 0 Å². The predicted molar refractivity (Wildman–Crippen MR) is 109 cm³/mol. The van der Waals surface area contributed by atoms with Gasteiger partial charge in [0.25, 0.3) is 0 Å². The number of nitrogens with one attached hydrogen (secondary N) is 1. The van der Waals surface area contributed by atoms with E-state index in [1.807, 2.05) is 48.7 Å². The van der Waals surface area contributed by atoms with E-state index < -0.39 is 0 Å². The van der Waals surface area contributed by atoms with Crippen LogP contribution in [0.25, 0.3) is 0 Å². The van der Waals surface area contributed by atoms with Crippen LogP contribution in [0.2, 0.25) is 5.02 Å². The van der Waals surface area contributed by atoms with Crippen molar-refractivity contribution in [2.45, 2.75) is 25.6 Å². The molecule has 1 fully saturated rings. The van der Waals surface area contributed by atoms with Gasteiger partial charge in [0, 0.05) is 35.3 Å². The first-order valence-corrected chi connectivity index (χ1v) is 9.39. The number of nitrogens with zero attached hydrogens (tertiary/aromatic N) is 3. The maximum atomic E-state index is 6.08. The van der Waals surface area contributed by atoms with Crippen LogP contribution in [0.1, 0.15) is 30.4 Å². The van der Waals surface area contributed by atoms with Crippen molar-refractivity contribution in [3.63, 3.8) is 0 Å². The van der Waals surface area contributed by atoms with Crippen LogP contribution >= 0.6 is 23.8 Å². The molecule has 0 spiro atoms. The highest BCUT2D eigenvalue weighted by Gasteiger charge is 2.41. The average molecular weight is 383 g/mol. The summed E-state index contributed by atoms with van der Waals surface area (Å²) < 4.78 is 2.25. The molecule has 132 valence electrons. The molecule has 0 saturated carbocycles. The molecule has 4 rings (SSSR count). The molecule has 0 radical (unpaired) electrons. The van der Waals surface area contributed by atoms with Crippen molar-refractivity contribution in [3.05, 3.63) is 83.4 Å². The number of pyridine rings is 1.